The summed E-state index contributed by atoms with van der Waals surface area (Å²) in [7, 11) is 1.26. The number of H-pyrrole nitrogens is 1. The number of carbonyl (C=O) groups excluding carboxylic acids is 3. The molecule has 4 aliphatic rings. The van der Waals surface area contributed by atoms with Gasteiger partial charge in [0.15, 0.2) is 0 Å². The van der Waals surface area contributed by atoms with Gasteiger partial charge in [0.05, 0.1) is 24.0 Å². The third-order valence-electron chi connectivity index (χ3n) is 8.71. The number of esters is 1. The lowest BCUT2D eigenvalue weighted by Gasteiger charge is -2.43. The zero-order valence-corrected chi connectivity index (χ0v) is 21.6. The Labute approximate surface area is 221 Å². The Hall–Kier alpha value is -3.17. The van der Waals surface area contributed by atoms with Crippen LogP contribution in [-0.2, 0) is 19.1 Å². The van der Waals surface area contributed by atoms with Crippen LogP contribution in [0.15, 0.2) is 64.4 Å². The van der Waals surface area contributed by atoms with E-state index in [4.69, 9.17) is 4.74 Å². The summed E-state index contributed by atoms with van der Waals surface area (Å²) in [5.74, 6) is -1.73. The molecule has 1 N–H and O–H groups in total. The maximum atomic E-state index is 13.4. The van der Waals surface area contributed by atoms with Crippen LogP contribution in [0.5, 0.6) is 0 Å². The number of likely N-dealkylation sites (tertiary alicyclic amines) is 1. The van der Waals surface area contributed by atoms with Gasteiger partial charge in [0.2, 0.25) is 11.8 Å². The van der Waals surface area contributed by atoms with Crippen molar-refractivity contribution in [3.05, 3.63) is 74.7 Å². The number of thioether (sulfide) groups is 1. The Morgan fingerprint density at radius 2 is 1.65 bits per heavy atom. The Morgan fingerprint density at radius 3 is 2.35 bits per heavy atom. The van der Waals surface area contributed by atoms with Gasteiger partial charge in [0, 0.05) is 16.0 Å². The second-order valence-corrected chi connectivity index (χ2v) is 12.5. The van der Waals surface area contributed by atoms with E-state index < -0.39 is 17.8 Å². The van der Waals surface area contributed by atoms with Crippen molar-refractivity contribution in [1.82, 2.24) is 9.88 Å². The van der Waals surface area contributed by atoms with Crippen LogP contribution in [0.25, 0.3) is 11.1 Å². The van der Waals surface area contributed by atoms with Crippen LogP contribution in [0.1, 0.15) is 22.8 Å². The quantitative estimate of drug-likeness (QED) is 0.406. The van der Waals surface area contributed by atoms with E-state index in [9.17, 15) is 19.2 Å². The number of rotatable bonds is 4. The molecule has 2 amide bonds. The number of nitrogens with one attached hydrogen (secondary N) is 1. The van der Waals surface area contributed by atoms with Crippen LogP contribution >= 0.6 is 23.1 Å². The van der Waals surface area contributed by atoms with Gasteiger partial charge >= 0.3 is 10.8 Å². The molecule has 2 bridgehead atoms. The number of carbonyl (C=O) groups is 3. The summed E-state index contributed by atoms with van der Waals surface area (Å²) in [6.45, 7) is -0.325. The van der Waals surface area contributed by atoms with Gasteiger partial charge < -0.3 is 9.72 Å². The summed E-state index contributed by atoms with van der Waals surface area (Å²) >= 11 is 2.92. The fourth-order valence-corrected chi connectivity index (χ4v) is 10.2. The summed E-state index contributed by atoms with van der Waals surface area (Å²) < 4.78 is 4.73. The van der Waals surface area contributed by atoms with Gasteiger partial charge in [-0.2, -0.15) is 0 Å². The van der Waals surface area contributed by atoms with Crippen molar-refractivity contribution in [1.29, 1.82) is 0 Å². The molecule has 0 radical (unpaired) electrons. The number of fused-ring (bicyclic) bond motifs is 9. The molecule has 188 valence electrons. The molecule has 3 heterocycles. The molecule has 3 fully saturated rings. The fourth-order valence-electron chi connectivity index (χ4n) is 7.31. The molecule has 0 spiro atoms. The highest BCUT2D eigenvalue weighted by Crippen LogP contribution is 2.68. The number of ether oxygens (including phenoxy) is 1. The van der Waals surface area contributed by atoms with E-state index in [1.54, 1.807) is 11.8 Å². The second kappa shape index (κ2) is 8.43. The van der Waals surface area contributed by atoms with Crippen molar-refractivity contribution in [3.8, 4) is 11.1 Å². The largest absolute Gasteiger partial charge is 0.468 e. The number of nitrogens with zero attached hydrogens (tertiary/aromatic N) is 1. The van der Waals surface area contributed by atoms with Crippen LogP contribution in [0.2, 0.25) is 0 Å². The molecule has 7 nitrogen and oxygen atoms in total. The molecule has 2 aromatic carbocycles. The van der Waals surface area contributed by atoms with E-state index in [1.807, 2.05) is 18.2 Å². The van der Waals surface area contributed by atoms with Crippen LogP contribution in [0, 0.1) is 29.6 Å². The first-order chi connectivity index (χ1) is 18.0. The maximum absolute atomic E-state index is 13.4. The Bertz CT molecular complexity index is 1480. The minimum absolute atomic E-state index is 0.0238. The summed E-state index contributed by atoms with van der Waals surface area (Å²) in [5.41, 5.74) is 3.39. The smallest absolute Gasteiger partial charge is 0.325 e. The number of imide groups is 1. The second-order valence-electron chi connectivity index (χ2n) is 10.3. The standard InChI is InChI=1S/C28H24N2O5S2/c1-35-18(31)12-30-26(32)21-16-11-17(22(21)27(30)33)23-20(16)19(24-25(36-23)29-28(34)37-24)15-9-7-14(8-10-15)13-5-3-2-4-6-13/h2-10,16-17,19-23H,11-12H2,1H3,(H,29,34). The molecular formula is C28H24N2O5S2. The fraction of sp³-hybridized carbons (Fsp3) is 0.357. The first kappa shape index (κ1) is 23.0. The Morgan fingerprint density at radius 1 is 0.973 bits per heavy atom. The summed E-state index contributed by atoms with van der Waals surface area (Å²) in [6, 6.07) is 18.7. The molecule has 7 rings (SSSR count). The molecule has 37 heavy (non-hydrogen) atoms. The maximum Gasteiger partial charge on any atom is 0.325 e. The van der Waals surface area contributed by atoms with Gasteiger partial charge in [0.1, 0.15) is 6.54 Å². The zero-order valence-electron chi connectivity index (χ0n) is 20.0. The number of thiazole rings is 1. The number of benzene rings is 2. The summed E-state index contributed by atoms with van der Waals surface area (Å²) in [4.78, 5) is 56.2. The predicted octanol–water partition coefficient (Wildman–Crippen LogP) is 3.75. The monoisotopic (exact) mass is 532 g/mol. The molecule has 9 heteroatoms. The average Bonchev–Trinajstić information content (AvgIpc) is 3.65. The molecule has 2 aliphatic carbocycles. The lowest BCUT2D eigenvalue weighted by Crippen LogP contribution is -2.42. The Kier molecular flexibility index (Phi) is 5.23. The van der Waals surface area contributed by atoms with E-state index in [0.29, 0.717) is 0 Å². The van der Waals surface area contributed by atoms with Crippen LogP contribution < -0.4 is 4.87 Å². The van der Waals surface area contributed by atoms with E-state index in [-0.39, 0.29) is 52.2 Å². The van der Waals surface area contributed by atoms with Crippen molar-refractivity contribution >= 4 is 40.9 Å². The van der Waals surface area contributed by atoms with E-state index in [2.05, 4.69) is 41.4 Å². The lowest BCUT2D eigenvalue weighted by atomic mass is 9.68. The molecule has 2 aliphatic heterocycles. The number of methoxy groups -OCH3 is 1. The van der Waals surface area contributed by atoms with Crippen molar-refractivity contribution in [2.45, 2.75) is 22.6 Å². The van der Waals surface area contributed by atoms with E-state index in [1.165, 1.54) is 18.4 Å². The van der Waals surface area contributed by atoms with E-state index >= 15 is 0 Å². The molecular weight excluding hydrogens is 508 g/mol. The number of hydrogen-bond acceptors (Lipinski definition) is 7. The average molecular weight is 533 g/mol. The molecule has 7 unspecified atom stereocenters. The Balaban J connectivity index is 1.28. The van der Waals surface area contributed by atoms with Crippen LogP contribution in [0.4, 0.5) is 0 Å². The van der Waals surface area contributed by atoms with Crippen LogP contribution in [-0.4, -0.2) is 46.6 Å². The predicted molar refractivity (Wildman–Crippen MR) is 139 cm³/mol. The van der Waals surface area contributed by atoms with Crippen molar-refractivity contribution < 1.29 is 19.1 Å². The third kappa shape index (κ3) is 3.33. The van der Waals surface area contributed by atoms with E-state index in [0.717, 1.165) is 37.9 Å². The highest BCUT2D eigenvalue weighted by atomic mass is 32.2. The molecule has 7 atom stereocenters. The van der Waals surface area contributed by atoms with Gasteiger partial charge in [-0.15, -0.1) is 11.8 Å². The molecule has 1 aromatic heterocycles. The number of hydrogen-bond donors (Lipinski definition) is 1. The third-order valence-corrected chi connectivity index (χ3v) is 11.3. The topological polar surface area (TPSA) is 96.5 Å². The van der Waals surface area contributed by atoms with Gasteiger partial charge in [-0.25, -0.2) is 0 Å². The molecule has 3 aromatic rings. The SMILES string of the molecule is COC(=O)CN1C(=O)C2C3CC(C2C1=O)C1C(c2ccc(-c4ccccc4)cc2)c2sc(=O)[nH]c2SC31. The van der Waals surface area contributed by atoms with Crippen LogP contribution in [0.3, 0.4) is 0 Å². The highest BCUT2D eigenvalue weighted by Gasteiger charge is 2.69. The van der Waals surface area contributed by atoms with Gasteiger partial charge in [0.25, 0.3) is 0 Å². The minimum Gasteiger partial charge on any atom is -0.468 e. The first-order valence-electron chi connectivity index (χ1n) is 12.4. The zero-order chi connectivity index (χ0) is 25.4. The molecule has 1 saturated heterocycles. The van der Waals surface area contributed by atoms with Gasteiger partial charge in [-0.05, 0) is 40.9 Å². The normalized spacial score (nSPS) is 31.3. The number of aromatic nitrogens is 1. The molecule has 2 saturated carbocycles. The van der Waals surface area contributed by atoms with Gasteiger partial charge in [-0.3, -0.25) is 24.1 Å². The van der Waals surface area contributed by atoms with Crippen molar-refractivity contribution in [2.24, 2.45) is 29.6 Å². The van der Waals surface area contributed by atoms with Crippen molar-refractivity contribution in [3.63, 3.8) is 0 Å². The number of amides is 2. The lowest BCUT2D eigenvalue weighted by molar-refractivity contribution is -0.151. The minimum atomic E-state index is -0.586. The van der Waals surface area contributed by atoms with Crippen molar-refractivity contribution in [2.75, 3.05) is 13.7 Å². The first-order valence-corrected chi connectivity index (χ1v) is 14.1. The van der Waals surface area contributed by atoms with Gasteiger partial charge in [-0.1, -0.05) is 65.9 Å². The number of aromatic amines is 1. The summed E-state index contributed by atoms with van der Waals surface area (Å²) in [5, 5.41) is 1.01. The summed E-state index contributed by atoms with van der Waals surface area (Å²) in [6.07, 6.45) is 0.818. The highest BCUT2D eigenvalue weighted by molar-refractivity contribution is 8.00.